The number of hydrogen-bond acceptors (Lipinski definition) is 7. The first kappa shape index (κ1) is 22.7. The number of fused-ring (bicyclic) bond motifs is 2. The molecule has 1 unspecified atom stereocenters. The molecule has 4 aromatic rings. The molecule has 11 nitrogen and oxygen atoms in total. The van der Waals surface area contributed by atoms with Gasteiger partial charge in [-0.3, -0.25) is 19.7 Å². The fourth-order valence-corrected chi connectivity index (χ4v) is 5.02. The topological polar surface area (TPSA) is 128 Å². The molecule has 186 valence electrons. The average molecular weight is 498 g/mol. The number of nitrogens with zero attached hydrogens (tertiary/aromatic N) is 5. The normalized spacial score (nSPS) is 17.3. The minimum Gasteiger partial charge on any atom is -0.464 e. The quantitative estimate of drug-likeness (QED) is 0.328. The summed E-state index contributed by atoms with van der Waals surface area (Å²) in [6, 6.07) is 14.1. The van der Waals surface area contributed by atoms with Gasteiger partial charge in [-0.1, -0.05) is 23.4 Å². The molecule has 2 aliphatic rings. The zero-order valence-corrected chi connectivity index (χ0v) is 19.9. The molecule has 0 aliphatic carbocycles. The van der Waals surface area contributed by atoms with Gasteiger partial charge in [0.05, 0.1) is 25.5 Å². The van der Waals surface area contributed by atoms with Gasteiger partial charge in [-0.2, -0.15) is 0 Å². The first-order valence-electron chi connectivity index (χ1n) is 11.8. The van der Waals surface area contributed by atoms with Crippen molar-refractivity contribution in [1.29, 1.82) is 0 Å². The third-order valence-corrected chi connectivity index (χ3v) is 6.84. The predicted octanol–water partition coefficient (Wildman–Crippen LogP) is 1.82. The summed E-state index contributed by atoms with van der Waals surface area (Å²) in [6.45, 7) is 0.582. The zero-order chi connectivity index (χ0) is 25.7. The van der Waals surface area contributed by atoms with Gasteiger partial charge in [-0.25, -0.2) is 9.48 Å². The Bertz CT molecular complexity index is 1600. The molecule has 2 aromatic heterocycles. The number of piperidine rings is 1. The van der Waals surface area contributed by atoms with Crippen LogP contribution in [-0.4, -0.2) is 61.3 Å². The summed E-state index contributed by atoms with van der Waals surface area (Å²) in [7, 11) is 1.35. The Morgan fingerprint density at radius 1 is 1.14 bits per heavy atom. The average Bonchev–Trinajstić information content (AvgIpc) is 3.60. The molecule has 37 heavy (non-hydrogen) atoms. The van der Waals surface area contributed by atoms with E-state index in [1.54, 1.807) is 29.1 Å². The standard InChI is InChI=1S/C26H22N6O5/c1-37-26(36)22-11-15-4-2-3-5-20(15)30(22)13-17-14-32(29-28-17)18-6-7-19-16(10-18)12-31(25(19)35)21-8-9-23(33)27-24(21)34/h2-7,10-11,14,21H,8-9,12-13H2,1H3,(H,27,33,34). The minimum atomic E-state index is -0.667. The molecular formula is C26H22N6O5. The van der Waals surface area contributed by atoms with Crippen molar-refractivity contribution in [2.24, 2.45) is 0 Å². The number of benzene rings is 2. The maximum absolute atomic E-state index is 13.0. The molecule has 1 fully saturated rings. The van der Waals surface area contributed by atoms with E-state index in [9.17, 15) is 19.2 Å². The van der Waals surface area contributed by atoms with Gasteiger partial charge in [-0.15, -0.1) is 5.10 Å². The zero-order valence-electron chi connectivity index (χ0n) is 19.9. The number of amides is 3. The van der Waals surface area contributed by atoms with Crippen LogP contribution in [0.15, 0.2) is 54.7 Å². The van der Waals surface area contributed by atoms with E-state index in [2.05, 4.69) is 15.6 Å². The van der Waals surface area contributed by atoms with E-state index in [1.165, 1.54) is 12.0 Å². The molecule has 0 spiro atoms. The highest BCUT2D eigenvalue weighted by molar-refractivity contribution is 6.05. The molecule has 2 aliphatic heterocycles. The van der Waals surface area contributed by atoms with E-state index < -0.39 is 17.9 Å². The van der Waals surface area contributed by atoms with E-state index >= 15 is 0 Å². The number of para-hydroxylation sites is 1. The van der Waals surface area contributed by atoms with E-state index in [0.29, 0.717) is 35.6 Å². The van der Waals surface area contributed by atoms with Crippen molar-refractivity contribution >= 4 is 34.6 Å². The summed E-state index contributed by atoms with van der Waals surface area (Å²) in [6.07, 6.45) is 2.29. The molecule has 0 bridgehead atoms. The number of carbonyl (C=O) groups is 4. The summed E-state index contributed by atoms with van der Waals surface area (Å²) >= 11 is 0. The summed E-state index contributed by atoms with van der Waals surface area (Å²) < 4.78 is 8.41. The van der Waals surface area contributed by atoms with Crippen molar-refractivity contribution in [2.45, 2.75) is 32.0 Å². The Balaban J connectivity index is 1.26. The SMILES string of the molecule is COC(=O)c1cc2ccccc2n1Cc1cn(-c2ccc3c(c2)CN(C2CCC(=O)NC2=O)C3=O)nn1. The van der Waals surface area contributed by atoms with Crippen LogP contribution in [0.2, 0.25) is 0 Å². The second-order valence-corrected chi connectivity index (χ2v) is 9.06. The van der Waals surface area contributed by atoms with Crippen LogP contribution in [0.4, 0.5) is 0 Å². The van der Waals surface area contributed by atoms with Crippen LogP contribution in [0, 0.1) is 0 Å². The van der Waals surface area contributed by atoms with Gasteiger partial charge in [-0.05, 0) is 42.3 Å². The van der Waals surface area contributed by atoms with Crippen LogP contribution in [0.5, 0.6) is 0 Å². The first-order valence-corrected chi connectivity index (χ1v) is 11.8. The van der Waals surface area contributed by atoms with E-state index in [0.717, 1.165) is 16.5 Å². The molecule has 4 heterocycles. The fourth-order valence-electron chi connectivity index (χ4n) is 5.02. The smallest absolute Gasteiger partial charge is 0.354 e. The highest BCUT2D eigenvalue weighted by atomic mass is 16.5. The predicted molar refractivity (Wildman–Crippen MR) is 130 cm³/mol. The number of carbonyl (C=O) groups excluding carboxylic acids is 4. The highest BCUT2D eigenvalue weighted by Crippen LogP contribution is 2.29. The van der Waals surface area contributed by atoms with Crippen molar-refractivity contribution in [3.05, 3.63) is 77.2 Å². The Labute approximate surface area is 210 Å². The summed E-state index contributed by atoms with van der Waals surface area (Å²) in [5, 5.41) is 11.8. The monoisotopic (exact) mass is 498 g/mol. The number of ether oxygens (including phenoxy) is 1. The largest absolute Gasteiger partial charge is 0.464 e. The van der Waals surface area contributed by atoms with Crippen LogP contribution in [0.1, 0.15) is 44.9 Å². The van der Waals surface area contributed by atoms with E-state index in [1.807, 2.05) is 34.9 Å². The molecule has 3 amide bonds. The molecule has 0 radical (unpaired) electrons. The minimum absolute atomic E-state index is 0.206. The number of methoxy groups -OCH3 is 1. The maximum Gasteiger partial charge on any atom is 0.354 e. The number of aromatic nitrogens is 4. The van der Waals surface area contributed by atoms with Gasteiger partial charge in [0.25, 0.3) is 5.91 Å². The van der Waals surface area contributed by atoms with Crippen LogP contribution in [0.25, 0.3) is 16.6 Å². The summed E-state index contributed by atoms with van der Waals surface area (Å²) in [4.78, 5) is 50.6. The molecule has 1 atom stereocenters. The van der Waals surface area contributed by atoms with Crippen molar-refractivity contribution < 1.29 is 23.9 Å². The van der Waals surface area contributed by atoms with Gasteiger partial charge in [0, 0.05) is 29.4 Å². The molecule has 2 aromatic carbocycles. The lowest BCUT2D eigenvalue weighted by molar-refractivity contribution is -0.136. The first-order chi connectivity index (χ1) is 17.9. The van der Waals surface area contributed by atoms with E-state index in [-0.39, 0.29) is 24.8 Å². The van der Waals surface area contributed by atoms with Crippen LogP contribution in [-0.2, 0) is 27.4 Å². The van der Waals surface area contributed by atoms with Crippen molar-refractivity contribution in [3.8, 4) is 5.69 Å². The Morgan fingerprint density at radius 2 is 1.97 bits per heavy atom. The van der Waals surface area contributed by atoms with Crippen LogP contribution < -0.4 is 5.32 Å². The van der Waals surface area contributed by atoms with Gasteiger partial charge in [0.2, 0.25) is 11.8 Å². The second-order valence-electron chi connectivity index (χ2n) is 9.06. The lowest BCUT2D eigenvalue weighted by Crippen LogP contribution is -2.52. The summed E-state index contributed by atoms with van der Waals surface area (Å²) in [5.74, 6) is -1.43. The fraction of sp³-hybridized carbons (Fsp3) is 0.231. The summed E-state index contributed by atoms with van der Waals surface area (Å²) in [5.41, 5.74) is 3.93. The highest BCUT2D eigenvalue weighted by Gasteiger charge is 2.39. The van der Waals surface area contributed by atoms with Gasteiger partial charge in [0.15, 0.2) is 0 Å². The molecule has 11 heteroatoms. The van der Waals surface area contributed by atoms with Crippen molar-refractivity contribution in [1.82, 2.24) is 29.8 Å². The number of rotatable bonds is 5. The lowest BCUT2D eigenvalue weighted by Gasteiger charge is -2.29. The molecular weight excluding hydrogens is 476 g/mol. The molecule has 1 saturated heterocycles. The number of nitrogens with one attached hydrogen (secondary N) is 1. The van der Waals surface area contributed by atoms with Crippen LogP contribution in [0.3, 0.4) is 0 Å². The maximum atomic E-state index is 13.0. The van der Waals surface area contributed by atoms with Gasteiger partial charge < -0.3 is 14.2 Å². The van der Waals surface area contributed by atoms with Gasteiger partial charge >= 0.3 is 5.97 Å². The van der Waals surface area contributed by atoms with E-state index in [4.69, 9.17) is 4.74 Å². The van der Waals surface area contributed by atoms with Crippen LogP contribution >= 0.6 is 0 Å². The Morgan fingerprint density at radius 3 is 2.78 bits per heavy atom. The van der Waals surface area contributed by atoms with Crippen molar-refractivity contribution in [2.75, 3.05) is 7.11 Å². The number of esters is 1. The third-order valence-electron chi connectivity index (χ3n) is 6.84. The van der Waals surface area contributed by atoms with Crippen molar-refractivity contribution in [3.63, 3.8) is 0 Å². The third kappa shape index (κ3) is 3.84. The molecule has 1 N–H and O–H groups in total. The molecule has 0 saturated carbocycles. The second kappa shape index (κ2) is 8.70. The number of imide groups is 1. The molecule has 6 rings (SSSR count). The van der Waals surface area contributed by atoms with Gasteiger partial charge in [0.1, 0.15) is 17.4 Å². The number of hydrogen-bond donors (Lipinski definition) is 1. The lowest BCUT2D eigenvalue weighted by atomic mass is 10.0. The Kier molecular flexibility index (Phi) is 5.32. The Hall–Kier alpha value is -4.80.